The minimum atomic E-state index is -0.177. The predicted molar refractivity (Wildman–Crippen MR) is 110 cm³/mol. The Labute approximate surface area is 167 Å². The first kappa shape index (κ1) is 20.4. The van der Waals surface area contributed by atoms with Crippen LogP contribution in [0.25, 0.3) is 0 Å². The van der Waals surface area contributed by atoms with E-state index in [4.69, 9.17) is 0 Å². The van der Waals surface area contributed by atoms with Gasteiger partial charge in [0.15, 0.2) is 0 Å². The number of benzene rings is 1. The average Bonchev–Trinajstić information content (AvgIpc) is 3.04. The lowest BCUT2D eigenvalue weighted by molar-refractivity contribution is -0.134. The molecule has 1 heterocycles. The van der Waals surface area contributed by atoms with Gasteiger partial charge in [-0.05, 0) is 44.4 Å². The fraction of sp³-hybridized carbons (Fsp3) is 0.591. The number of anilines is 2. The predicted octanol–water partition coefficient (Wildman–Crippen LogP) is 3.71. The van der Waals surface area contributed by atoms with E-state index >= 15 is 0 Å². The zero-order valence-electron chi connectivity index (χ0n) is 16.9. The molecule has 1 aromatic carbocycles. The van der Waals surface area contributed by atoms with E-state index in [9.17, 15) is 14.4 Å². The molecule has 2 aliphatic rings. The van der Waals surface area contributed by atoms with Crippen LogP contribution in [0, 0.1) is 0 Å². The van der Waals surface area contributed by atoms with Crippen LogP contribution in [0.15, 0.2) is 24.3 Å². The summed E-state index contributed by atoms with van der Waals surface area (Å²) < 4.78 is 0. The van der Waals surface area contributed by atoms with Gasteiger partial charge in [0.25, 0.3) is 0 Å². The zero-order chi connectivity index (χ0) is 20.1. The first-order valence-corrected chi connectivity index (χ1v) is 10.4. The van der Waals surface area contributed by atoms with Crippen LogP contribution in [-0.4, -0.2) is 41.8 Å². The number of hydrogen-bond donors (Lipinski definition) is 1. The molecule has 0 bridgehead atoms. The number of carbonyl (C=O) groups excluding carboxylic acids is 3. The standard InChI is InChI=1S/C22H31N3O3/c1-16-11-13-22(28)25(16)19-10-6-7-17(15-19)23-20(26)12-14-21(27)24(2)18-8-4-3-5-9-18/h6-7,10,15-16,18H,3-5,8-9,11-14H2,1-2H3,(H,23,26). The second-order valence-electron chi connectivity index (χ2n) is 8.05. The van der Waals surface area contributed by atoms with E-state index in [-0.39, 0.29) is 36.6 Å². The summed E-state index contributed by atoms with van der Waals surface area (Å²) in [6.45, 7) is 2.03. The summed E-state index contributed by atoms with van der Waals surface area (Å²) in [7, 11) is 1.86. The first-order valence-electron chi connectivity index (χ1n) is 10.4. The van der Waals surface area contributed by atoms with Crippen molar-refractivity contribution in [2.45, 2.75) is 76.8 Å². The Kier molecular flexibility index (Phi) is 6.70. The molecule has 3 rings (SSSR count). The van der Waals surface area contributed by atoms with Crippen molar-refractivity contribution in [2.24, 2.45) is 0 Å². The van der Waals surface area contributed by atoms with Gasteiger partial charge in [-0.2, -0.15) is 0 Å². The quantitative estimate of drug-likeness (QED) is 0.811. The summed E-state index contributed by atoms with van der Waals surface area (Å²) >= 11 is 0. The maximum absolute atomic E-state index is 12.4. The fourth-order valence-corrected chi connectivity index (χ4v) is 4.25. The van der Waals surface area contributed by atoms with Crippen molar-refractivity contribution in [3.8, 4) is 0 Å². The number of nitrogens with zero attached hydrogens (tertiary/aromatic N) is 2. The average molecular weight is 386 g/mol. The highest BCUT2D eigenvalue weighted by Crippen LogP contribution is 2.28. The van der Waals surface area contributed by atoms with E-state index in [1.807, 2.05) is 43.1 Å². The van der Waals surface area contributed by atoms with Crippen molar-refractivity contribution < 1.29 is 14.4 Å². The highest BCUT2D eigenvalue weighted by Gasteiger charge is 2.29. The van der Waals surface area contributed by atoms with Crippen molar-refractivity contribution in [3.05, 3.63) is 24.3 Å². The topological polar surface area (TPSA) is 69.7 Å². The molecule has 0 spiro atoms. The molecule has 6 heteroatoms. The van der Waals surface area contributed by atoms with Gasteiger partial charge in [-0.15, -0.1) is 0 Å². The summed E-state index contributed by atoms with van der Waals surface area (Å²) in [6.07, 6.45) is 7.54. The Bertz CT molecular complexity index is 727. The summed E-state index contributed by atoms with van der Waals surface area (Å²) in [5, 5.41) is 2.86. The highest BCUT2D eigenvalue weighted by atomic mass is 16.2. The molecule has 1 atom stereocenters. The van der Waals surface area contributed by atoms with Gasteiger partial charge in [0, 0.05) is 49.8 Å². The molecule has 6 nitrogen and oxygen atoms in total. The SMILES string of the molecule is CC1CCC(=O)N1c1cccc(NC(=O)CCC(=O)N(C)C2CCCCC2)c1. The first-order chi connectivity index (χ1) is 13.5. The Morgan fingerprint density at radius 2 is 1.89 bits per heavy atom. The number of rotatable bonds is 6. The van der Waals surface area contributed by atoms with Crippen LogP contribution in [0.1, 0.15) is 64.7 Å². The van der Waals surface area contributed by atoms with Gasteiger partial charge in [-0.25, -0.2) is 0 Å². The van der Waals surface area contributed by atoms with Gasteiger partial charge in [-0.3, -0.25) is 14.4 Å². The van der Waals surface area contributed by atoms with Crippen LogP contribution in [-0.2, 0) is 14.4 Å². The van der Waals surface area contributed by atoms with Gasteiger partial charge in [0.1, 0.15) is 0 Å². The maximum Gasteiger partial charge on any atom is 0.227 e. The van der Waals surface area contributed by atoms with E-state index in [0.29, 0.717) is 18.2 Å². The molecule has 1 saturated carbocycles. The molecule has 3 amide bonds. The van der Waals surface area contributed by atoms with Crippen LogP contribution >= 0.6 is 0 Å². The number of carbonyl (C=O) groups is 3. The van der Waals surface area contributed by atoms with Gasteiger partial charge < -0.3 is 15.1 Å². The fourth-order valence-electron chi connectivity index (χ4n) is 4.25. The minimum absolute atomic E-state index is 0.0345. The van der Waals surface area contributed by atoms with Gasteiger partial charge in [0.2, 0.25) is 17.7 Å². The van der Waals surface area contributed by atoms with Gasteiger partial charge >= 0.3 is 0 Å². The van der Waals surface area contributed by atoms with Crippen molar-refractivity contribution in [1.29, 1.82) is 0 Å². The number of amides is 3. The van der Waals surface area contributed by atoms with Crippen molar-refractivity contribution in [1.82, 2.24) is 4.90 Å². The Balaban J connectivity index is 1.51. The molecule has 1 N–H and O–H groups in total. The van der Waals surface area contributed by atoms with Crippen molar-refractivity contribution in [3.63, 3.8) is 0 Å². The molecule has 0 aromatic heterocycles. The Morgan fingerprint density at radius 1 is 1.14 bits per heavy atom. The van der Waals surface area contributed by atoms with Crippen LogP contribution in [0.5, 0.6) is 0 Å². The molecule has 1 aromatic rings. The third-order valence-corrected chi connectivity index (χ3v) is 5.98. The molecule has 1 saturated heterocycles. The monoisotopic (exact) mass is 385 g/mol. The lowest BCUT2D eigenvalue weighted by Crippen LogP contribution is -2.38. The largest absolute Gasteiger partial charge is 0.343 e. The van der Waals surface area contributed by atoms with E-state index in [1.54, 1.807) is 4.90 Å². The molecule has 1 aliphatic heterocycles. The summed E-state index contributed by atoms with van der Waals surface area (Å²) in [4.78, 5) is 40.4. The van der Waals surface area contributed by atoms with Crippen LogP contribution in [0.3, 0.4) is 0 Å². The van der Waals surface area contributed by atoms with Crippen LogP contribution < -0.4 is 10.2 Å². The van der Waals surface area contributed by atoms with Crippen LogP contribution in [0.4, 0.5) is 11.4 Å². The number of nitrogens with one attached hydrogen (secondary N) is 1. The van der Waals surface area contributed by atoms with E-state index in [1.165, 1.54) is 19.3 Å². The second kappa shape index (κ2) is 9.22. The smallest absolute Gasteiger partial charge is 0.227 e. The van der Waals surface area contributed by atoms with Gasteiger partial charge in [0.05, 0.1) is 0 Å². The molecule has 28 heavy (non-hydrogen) atoms. The molecular weight excluding hydrogens is 354 g/mol. The van der Waals surface area contributed by atoms with Crippen molar-refractivity contribution in [2.75, 3.05) is 17.3 Å². The van der Waals surface area contributed by atoms with Crippen molar-refractivity contribution >= 4 is 29.1 Å². The van der Waals surface area contributed by atoms with E-state index in [0.717, 1.165) is 24.9 Å². The van der Waals surface area contributed by atoms with E-state index in [2.05, 4.69) is 5.32 Å². The summed E-state index contributed by atoms with van der Waals surface area (Å²) in [6, 6.07) is 7.85. The summed E-state index contributed by atoms with van der Waals surface area (Å²) in [5.74, 6) is -0.0250. The molecule has 0 radical (unpaired) electrons. The molecule has 2 fully saturated rings. The van der Waals surface area contributed by atoms with E-state index < -0.39 is 0 Å². The zero-order valence-corrected chi connectivity index (χ0v) is 16.9. The van der Waals surface area contributed by atoms with Crippen LogP contribution in [0.2, 0.25) is 0 Å². The normalized spacial score (nSPS) is 20.3. The second-order valence-corrected chi connectivity index (χ2v) is 8.05. The third-order valence-electron chi connectivity index (χ3n) is 5.98. The Hall–Kier alpha value is -2.37. The van der Waals surface area contributed by atoms with Gasteiger partial charge in [-0.1, -0.05) is 25.3 Å². The number of hydrogen-bond acceptors (Lipinski definition) is 3. The third kappa shape index (κ3) is 4.91. The lowest BCUT2D eigenvalue weighted by atomic mass is 9.94. The maximum atomic E-state index is 12.4. The molecule has 1 aliphatic carbocycles. The summed E-state index contributed by atoms with van der Waals surface area (Å²) in [5.41, 5.74) is 1.46. The highest BCUT2D eigenvalue weighted by molar-refractivity contribution is 5.98. The minimum Gasteiger partial charge on any atom is -0.343 e. The lowest BCUT2D eigenvalue weighted by Gasteiger charge is -2.31. The molecule has 152 valence electrons. The molecule has 1 unspecified atom stereocenters. The molecular formula is C22H31N3O3. The Morgan fingerprint density at radius 3 is 2.57 bits per heavy atom.